The summed E-state index contributed by atoms with van der Waals surface area (Å²) in [5.74, 6) is 0.779. The second-order valence-corrected chi connectivity index (χ2v) is 4.33. The van der Waals surface area contributed by atoms with E-state index in [0.29, 0.717) is 0 Å². The topological polar surface area (TPSA) is 60.7 Å². The van der Waals surface area contributed by atoms with Gasteiger partial charge in [-0.25, -0.2) is 0 Å². The van der Waals surface area contributed by atoms with Crippen molar-refractivity contribution in [1.82, 2.24) is 0 Å². The first-order valence-corrected chi connectivity index (χ1v) is 6.52. The molecule has 0 amide bonds. The van der Waals surface area contributed by atoms with E-state index in [0.717, 1.165) is 18.8 Å². The third kappa shape index (κ3) is 16.3. The highest BCUT2D eigenvalue weighted by Gasteiger charge is 2.05. The molecule has 0 aromatic rings. The molecule has 0 aliphatic rings. The van der Waals surface area contributed by atoms with Crippen LogP contribution in [0.2, 0.25) is 0 Å². The van der Waals surface area contributed by atoms with Gasteiger partial charge in [-0.05, 0) is 25.2 Å². The average Bonchev–Trinajstić information content (AvgIpc) is 2.33. The van der Waals surface area contributed by atoms with E-state index >= 15 is 0 Å². The zero-order valence-corrected chi connectivity index (χ0v) is 11.2. The van der Waals surface area contributed by atoms with Crippen LogP contribution < -0.4 is 0 Å². The van der Waals surface area contributed by atoms with Gasteiger partial charge in [-0.1, -0.05) is 40.0 Å². The maximum absolute atomic E-state index is 9.52. The van der Waals surface area contributed by atoms with Crippen molar-refractivity contribution in [3.63, 3.8) is 0 Å². The number of aliphatic hydroxyl groups excluding tert-OH is 3. The molecule has 0 spiro atoms. The van der Waals surface area contributed by atoms with E-state index in [4.69, 9.17) is 10.2 Å². The molecule has 3 N–H and O–H groups in total. The lowest BCUT2D eigenvalue weighted by Crippen LogP contribution is -2.08. The molecule has 0 bridgehead atoms. The van der Waals surface area contributed by atoms with E-state index in [1.807, 2.05) is 0 Å². The number of hydrogen-bond acceptors (Lipinski definition) is 3. The Balaban J connectivity index is 0. The van der Waals surface area contributed by atoms with Crippen molar-refractivity contribution < 1.29 is 15.3 Å². The van der Waals surface area contributed by atoms with Crippen LogP contribution in [0, 0.1) is 5.92 Å². The third-order valence-corrected chi connectivity index (χ3v) is 2.68. The molecule has 3 nitrogen and oxygen atoms in total. The molecule has 0 aliphatic heterocycles. The summed E-state index contributed by atoms with van der Waals surface area (Å²) in [6.45, 7) is 6.39. The largest absolute Gasteiger partial charge is 0.394 e. The van der Waals surface area contributed by atoms with Crippen LogP contribution in [0.25, 0.3) is 0 Å². The zero-order valence-electron chi connectivity index (χ0n) is 11.2. The molecule has 0 rings (SSSR count). The minimum Gasteiger partial charge on any atom is -0.394 e. The Morgan fingerprint density at radius 1 is 0.938 bits per heavy atom. The monoisotopic (exact) mass is 234 g/mol. The summed E-state index contributed by atoms with van der Waals surface area (Å²) in [7, 11) is 0. The maximum Gasteiger partial charge on any atom is 0.0662 e. The maximum atomic E-state index is 9.52. The minimum absolute atomic E-state index is 0.0426. The summed E-state index contributed by atoms with van der Waals surface area (Å²) in [5.41, 5.74) is 0. The predicted octanol–water partition coefficient (Wildman–Crippen LogP) is 2.33. The summed E-state index contributed by atoms with van der Waals surface area (Å²) >= 11 is 0. The molecule has 3 heteroatoms. The molecule has 0 fully saturated rings. The summed E-state index contributed by atoms with van der Waals surface area (Å²) in [6, 6.07) is 0. The molecular weight excluding hydrogens is 204 g/mol. The molecule has 0 saturated carbocycles. The molecular formula is C13H30O3. The molecule has 16 heavy (non-hydrogen) atoms. The average molecular weight is 234 g/mol. The lowest BCUT2D eigenvalue weighted by atomic mass is 9.98. The molecule has 0 radical (unpaired) electrons. The lowest BCUT2D eigenvalue weighted by Gasteiger charge is -2.12. The van der Waals surface area contributed by atoms with Gasteiger partial charge < -0.3 is 15.3 Å². The van der Waals surface area contributed by atoms with Crippen molar-refractivity contribution in [1.29, 1.82) is 0 Å². The standard InChI is InChI=1S/C11H24O.C2H6O2/c1-4-6-7-11(12)9-8-10(3)5-2;3-1-2-4/h10-12H,4-9H2,1-3H3;3-4H,1-2H2. The summed E-state index contributed by atoms with van der Waals surface area (Å²) in [4.78, 5) is 0. The fraction of sp³-hybridized carbons (Fsp3) is 1.00. The Morgan fingerprint density at radius 2 is 1.50 bits per heavy atom. The van der Waals surface area contributed by atoms with Crippen LogP contribution in [0.5, 0.6) is 0 Å². The highest BCUT2D eigenvalue weighted by atomic mass is 16.3. The fourth-order valence-electron chi connectivity index (χ4n) is 1.27. The molecule has 0 aliphatic carbocycles. The second kappa shape index (κ2) is 14.9. The van der Waals surface area contributed by atoms with E-state index in [1.54, 1.807) is 0 Å². The number of rotatable bonds is 8. The van der Waals surface area contributed by atoms with Crippen molar-refractivity contribution in [2.45, 2.75) is 65.4 Å². The highest BCUT2D eigenvalue weighted by molar-refractivity contribution is 4.58. The van der Waals surface area contributed by atoms with Crippen LogP contribution in [0.15, 0.2) is 0 Å². The van der Waals surface area contributed by atoms with Gasteiger partial charge in [-0.15, -0.1) is 0 Å². The summed E-state index contributed by atoms with van der Waals surface area (Å²) in [5, 5.41) is 24.8. The Bertz CT molecular complexity index is 116. The van der Waals surface area contributed by atoms with Crippen LogP contribution in [-0.4, -0.2) is 34.6 Å². The van der Waals surface area contributed by atoms with Gasteiger partial charge in [0.25, 0.3) is 0 Å². The number of hydrogen-bond donors (Lipinski definition) is 3. The van der Waals surface area contributed by atoms with Crippen LogP contribution >= 0.6 is 0 Å². The Labute approximate surface area is 101 Å². The van der Waals surface area contributed by atoms with Crippen molar-refractivity contribution >= 4 is 0 Å². The molecule has 100 valence electrons. The highest BCUT2D eigenvalue weighted by Crippen LogP contribution is 2.14. The number of unbranched alkanes of at least 4 members (excludes halogenated alkanes) is 1. The fourth-order valence-corrected chi connectivity index (χ4v) is 1.27. The van der Waals surface area contributed by atoms with Crippen molar-refractivity contribution in [3.8, 4) is 0 Å². The van der Waals surface area contributed by atoms with Gasteiger partial charge in [-0.3, -0.25) is 0 Å². The van der Waals surface area contributed by atoms with Crippen LogP contribution in [0.4, 0.5) is 0 Å². The minimum atomic E-state index is -0.125. The van der Waals surface area contributed by atoms with Gasteiger partial charge >= 0.3 is 0 Å². The lowest BCUT2D eigenvalue weighted by molar-refractivity contribution is 0.143. The Hall–Kier alpha value is -0.120. The van der Waals surface area contributed by atoms with Gasteiger partial charge in [0.2, 0.25) is 0 Å². The summed E-state index contributed by atoms with van der Waals surface area (Å²) < 4.78 is 0. The third-order valence-electron chi connectivity index (χ3n) is 2.68. The van der Waals surface area contributed by atoms with Crippen LogP contribution in [-0.2, 0) is 0 Å². The smallest absolute Gasteiger partial charge is 0.0662 e. The molecule has 2 unspecified atom stereocenters. The van der Waals surface area contributed by atoms with E-state index in [1.165, 1.54) is 25.7 Å². The van der Waals surface area contributed by atoms with Gasteiger partial charge in [0.15, 0.2) is 0 Å². The van der Waals surface area contributed by atoms with Gasteiger partial charge in [0.05, 0.1) is 19.3 Å². The molecule has 0 saturated heterocycles. The van der Waals surface area contributed by atoms with E-state index in [-0.39, 0.29) is 19.3 Å². The van der Waals surface area contributed by atoms with Gasteiger partial charge in [0.1, 0.15) is 0 Å². The molecule has 0 aromatic carbocycles. The molecule has 0 heterocycles. The second-order valence-electron chi connectivity index (χ2n) is 4.33. The SMILES string of the molecule is CCCCC(O)CCC(C)CC.OCCO. The first kappa shape index (κ1) is 18.3. The van der Waals surface area contributed by atoms with Gasteiger partial charge in [0, 0.05) is 0 Å². The normalized spacial score (nSPS) is 13.9. The summed E-state index contributed by atoms with van der Waals surface area (Å²) in [6.07, 6.45) is 6.73. The van der Waals surface area contributed by atoms with E-state index < -0.39 is 0 Å². The molecule has 2 atom stereocenters. The predicted molar refractivity (Wildman–Crippen MR) is 68.4 cm³/mol. The van der Waals surface area contributed by atoms with Crippen LogP contribution in [0.3, 0.4) is 0 Å². The van der Waals surface area contributed by atoms with Crippen molar-refractivity contribution in [3.05, 3.63) is 0 Å². The Kier molecular flexibility index (Phi) is 17.0. The number of aliphatic hydroxyl groups is 3. The van der Waals surface area contributed by atoms with Crippen molar-refractivity contribution in [2.75, 3.05) is 13.2 Å². The van der Waals surface area contributed by atoms with Crippen molar-refractivity contribution in [2.24, 2.45) is 5.92 Å². The van der Waals surface area contributed by atoms with E-state index in [2.05, 4.69) is 20.8 Å². The van der Waals surface area contributed by atoms with Gasteiger partial charge in [-0.2, -0.15) is 0 Å². The quantitative estimate of drug-likeness (QED) is 0.604. The van der Waals surface area contributed by atoms with E-state index in [9.17, 15) is 5.11 Å². The molecule has 0 aromatic heterocycles. The first-order chi connectivity index (χ1) is 7.62. The Morgan fingerprint density at radius 3 is 1.88 bits per heavy atom. The zero-order chi connectivity index (χ0) is 12.8. The van der Waals surface area contributed by atoms with Crippen LogP contribution in [0.1, 0.15) is 59.3 Å². The first-order valence-electron chi connectivity index (χ1n) is 6.52.